The van der Waals surface area contributed by atoms with E-state index in [1.807, 2.05) is 0 Å². The van der Waals surface area contributed by atoms with Crippen LogP contribution < -0.4 is 14.4 Å². The molecule has 3 rings (SSSR count). The van der Waals surface area contributed by atoms with E-state index in [-0.39, 0.29) is 0 Å². The van der Waals surface area contributed by atoms with E-state index in [0.29, 0.717) is 0 Å². The van der Waals surface area contributed by atoms with Crippen molar-refractivity contribution in [3.05, 3.63) is 36.4 Å². The average Bonchev–Trinajstić information content (AvgIpc) is 2.46. The van der Waals surface area contributed by atoms with Crippen molar-refractivity contribution in [3.63, 3.8) is 0 Å². The van der Waals surface area contributed by atoms with Crippen molar-refractivity contribution in [2.24, 2.45) is 7.05 Å². The second-order valence-electron chi connectivity index (χ2n) is 5.81. The number of fused-ring (bicyclic) bond motifs is 2. The molecule has 0 radical (unpaired) electrons. The van der Waals surface area contributed by atoms with E-state index < -0.39 is 0 Å². The first-order valence-electron chi connectivity index (χ1n) is 7.05. The fourth-order valence-electron chi connectivity index (χ4n) is 2.57. The Morgan fingerprint density at radius 1 is 0.762 bits per heavy atom. The van der Waals surface area contributed by atoms with Crippen LogP contribution in [-0.2, 0) is 7.05 Å². The molecule has 0 aliphatic carbocycles. The van der Waals surface area contributed by atoms with Gasteiger partial charge in [-0.15, -0.1) is 0 Å². The molecule has 0 unspecified atom stereocenters. The molecular weight excluding hydrogens is 260 g/mol. The van der Waals surface area contributed by atoms with Crippen LogP contribution in [0.15, 0.2) is 36.4 Å². The molecule has 0 N–H and O–H groups in total. The van der Waals surface area contributed by atoms with E-state index in [9.17, 15) is 0 Å². The first-order chi connectivity index (χ1) is 9.97. The van der Waals surface area contributed by atoms with Crippen LogP contribution in [0.2, 0.25) is 0 Å². The van der Waals surface area contributed by atoms with Gasteiger partial charge >= 0.3 is 0 Å². The first kappa shape index (κ1) is 13.6. The molecule has 0 spiro atoms. The van der Waals surface area contributed by atoms with Crippen LogP contribution in [0.25, 0.3) is 22.1 Å². The van der Waals surface area contributed by atoms with Gasteiger partial charge in [-0.25, -0.2) is 4.98 Å². The van der Waals surface area contributed by atoms with Crippen molar-refractivity contribution in [2.45, 2.75) is 0 Å². The average molecular weight is 281 g/mol. The number of rotatable bonds is 2. The topological polar surface area (TPSA) is 23.3 Å². The Morgan fingerprint density at radius 2 is 1.19 bits per heavy atom. The largest absolute Gasteiger partial charge is 0.377 e. The van der Waals surface area contributed by atoms with Gasteiger partial charge in [0, 0.05) is 51.7 Å². The molecule has 1 aromatic heterocycles. The Labute approximate surface area is 125 Å². The minimum Gasteiger partial charge on any atom is -0.377 e. The predicted molar refractivity (Wildman–Crippen MR) is 89.1 cm³/mol. The van der Waals surface area contributed by atoms with Gasteiger partial charge in [-0.2, -0.15) is 4.57 Å². The van der Waals surface area contributed by atoms with Gasteiger partial charge in [0.15, 0.2) is 0 Å². The zero-order valence-electron chi connectivity index (χ0n) is 13.3. The summed E-state index contributed by atoms with van der Waals surface area (Å²) < 4.78 is 2.22. The number of hydrogen-bond acceptors (Lipinski definition) is 3. The van der Waals surface area contributed by atoms with Crippen LogP contribution in [0.1, 0.15) is 0 Å². The van der Waals surface area contributed by atoms with E-state index in [1.54, 1.807) is 0 Å². The summed E-state index contributed by atoms with van der Waals surface area (Å²) in [5, 5.41) is 0. The predicted octanol–water partition coefficient (Wildman–Crippen LogP) is 2.34. The second kappa shape index (κ2) is 4.88. The van der Waals surface area contributed by atoms with Gasteiger partial charge in [0.05, 0.1) is 0 Å². The van der Waals surface area contributed by atoms with Gasteiger partial charge in [0.2, 0.25) is 11.0 Å². The molecule has 0 amide bonds. The Bertz CT molecular complexity index is 756. The minimum absolute atomic E-state index is 1.02. The number of aryl methyl sites for hydroxylation is 1. The third-order valence-electron chi connectivity index (χ3n) is 3.91. The summed E-state index contributed by atoms with van der Waals surface area (Å²) in [5.74, 6) is 0. The maximum absolute atomic E-state index is 4.78. The number of aromatic nitrogens is 2. The molecule has 21 heavy (non-hydrogen) atoms. The highest BCUT2D eigenvalue weighted by molar-refractivity contribution is 5.85. The van der Waals surface area contributed by atoms with Crippen LogP contribution in [-0.4, -0.2) is 33.2 Å². The van der Waals surface area contributed by atoms with E-state index in [0.717, 1.165) is 22.1 Å². The number of benzene rings is 2. The zero-order valence-corrected chi connectivity index (χ0v) is 13.3. The summed E-state index contributed by atoms with van der Waals surface area (Å²) in [6, 6.07) is 12.8. The third-order valence-corrected chi connectivity index (χ3v) is 3.91. The van der Waals surface area contributed by atoms with E-state index in [4.69, 9.17) is 4.98 Å². The molecule has 1 heterocycles. The molecule has 2 aromatic carbocycles. The quantitative estimate of drug-likeness (QED) is 0.532. The highest BCUT2D eigenvalue weighted by atomic mass is 15.1. The molecule has 0 saturated carbocycles. The summed E-state index contributed by atoms with van der Waals surface area (Å²) in [6.45, 7) is 0. The molecule has 0 saturated heterocycles. The minimum atomic E-state index is 1.02. The molecule has 0 aliphatic heterocycles. The number of anilines is 2. The first-order valence-corrected chi connectivity index (χ1v) is 7.05. The van der Waals surface area contributed by atoms with Crippen LogP contribution in [0.5, 0.6) is 0 Å². The van der Waals surface area contributed by atoms with Crippen LogP contribution in [0, 0.1) is 0 Å². The second-order valence-corrected chi connectivity index (χ2v) is 5.81. The summed E-state index contributed by atoms with van der Waals surface area (Å²) in [4.78, 5) is 9.00. The monoisotopic (exact) mass is 281 g/mol. The molecule has 4 heteroatoms. The lowest BCUT2D eigenvalue weighted by Gasteiger charge is -2.13. The highest BCUT2D eigenvalue weighted by Gasteiger charge is 2.15. The van der Waals surface area contributed by atoms with Gasteiger partial charge in [-0.05, 0) is 24.3 Å². The SMILES string of the molecule is CN(C)c1ccc2nc3ccc(N(C)C)cc3[n+](C)c2c1. The summed E-state index contributed by atoms with van der Waals surface area (Å²) in [7, 11) is 10.3. The lowest BCUT2D eigenvalue weighted by atomic mass is 10.2. The van der Waals surface area contributed by atoms with Gasteiger partial charge < -0.3 is 9.80 Å². The normalized spacial score (nSPS) is 11.1. The molecule has 0 aliphatic rings. The molecule has 108 valence electrons. The van der Waals surface area contributed by atoms with Crippen molar-refractivity contribution in [3.8, 4) is 0 Å². The fourth-order valence-corrected chi connectivity index (χ4v) is 2.57. The molecule has 4 nitrogen and oxygen atoms in total. The summed E-state index contributed by atoms with van der Waals surface area (Å²) in [6.07, 6.45) is 0. The van der Waals surface area contributed by atoms with Crippen molar-refractivity contribution in [1.29, 1.82) is 0 Å². The number of nitrogens with zero attached hydrogens (tertiary/aromatic N) is 4. The van der Waals surface area contributed by atoms with Gasteiger partial charge in [0.25, 0.3) is 0 Å². The van der Waals surface area contributed by atoms with E-state index >= 15 is 0 Å². The van der Waals surface area contributed by atoms with Crippen LogP contribution in [0.4, 0.5) is 11.4 Å². The van der Waals surface area contributed by atoms with E-state index in [1.165, 1.54) is 11.4 Å². The van der Waals surface area contributed by atoms with Gasteiger partial charge in [0.1, 0.15) is 18.1 Å². The lowest BCUT2D eigenvalue weighted by molar-refractivity contribution is -0.617. The van der Waals surface area contributed by atoms with Gasteiger partial charge in [-0.3, -0.25) is 0 Å². The van der Waals surface area contributed by atoms with Crippen molar-refractivity contribution in [2.75, 3.05) is 38.0 Å². The Morgan fingerprint density at radius 3 is 1.57 bits per heavy atom. The maximum atomic E-state index is 4.78. The standard InChI is InChI=1S/C17H21N4/c1-19(2)12-6-8-14-16(10-12)21(5)17-11-13(20(3)4)7-9-15(17)18-14/h6-11H,1-5H3/q+1. The smallest absolute Gasteiger partial charge is 0.233 e. The summed E-state index contributed by atoms with van der Waals surface area (Å²) in [5.41, 5.74) is 6.70. The van der Waals surface area contributed by atoms with Crippen molar-refractivity contribution in [1.82, 2.24) is 4.98 Å². The molecule has 0 atom stereocenters. The van der Waals surface area contributed by atoms with Gasteiger partial charge in [-0.1, -0.05) is 0 Å². The Balaban J connectivity index is 2.34. The van der Waals surface area contributed by atoms with Crippen molar-refractivity contribution >= 4 is 33.4 Å². The highest BCUT2D eigenvalue weighted by Crippen LogP contribution is 2.22. The molecule has 0 fully saturated rings. The van der Waals surface area contributed by atoms with E-state index in [2.05, 4.69) is 86.0 Å². The molecular formula is C17H21N4+. The molecule has 0 bridgehead atoms. The van der Waals surface area contributed by atoms with Crippen LogP contribution >= 0.6 is 0 Å². The lowest BCUT2D eigenvalue weighted by Crippen LogP contribution is -2.31. The molecule has 3 aromatic rings. The maximum Gasteiger partial charge on any atom is 0.233 e. The third kappa shape index (κ3) is 2.27. The van der Waals surface area contributed by atoms with Crippen molar-refractivity contribution < 1.29 is 4.57 Å². The summed E-state index contributed by atoms with van der Waals surface area (Å²) >= 11 is 0. The zero-order chi connectivity index (χ0) is 15.1. The Kier molecular flexibility index (Phi) is 3.16. The van der Waals surface area contributed by atoms with Crippen LogP contribution in [0.3, 0.4) is 0 Å². The number of hydrogen-bond donors (Lipinski definition) is 0. The Hall–Kier alpha value is -2.36. The fraction of sp³-hybridized carbons (Fsp3) is 0.294.